The lowest BCUT2D eigenvalue weighted by atomic mass is 10.0. The Morgan fingerprint density at radius 2 is 0.625 bits per heavy atom. The molecule has 1 unspecified atom stereocenters. The van der Waals surface area contributed by atoms with Gasteiger partial charge in [0.05, 0.1) is 6.61 Å². The third kappa shape index (κ3) is 59.6. The van der Waals surface area contributed by atoms with Gasteiger partial charge < -0.3 is 14.2 Å². The SMILES string of the molecule is CC/C=C\C/C=C\C/C=C\C/C=C\CCCCCCCCCOCC(COC(=O)CCCCCCCCCCCCCCCCCCCCC)OC(=O)CCCCCCCCC/C=C\C/C=C\C/C=C\CC. The number of rotatable bonds is 57. The smallest absolute Gasteiger partial charge is 0.306 e. The predicted molar refractivity (Wildman–Crippen MR) is 316 cm³/mol. The molecule has 416 valence electrons. The second kappa shape index (κ2) is 62.4. The van der Waals surface area contributed by atoms with Crippen molar-refractivity contribution in [3.8, 4) is 0 Å². The molecule has 0 amide bonds. The van der Waals surface area contributed by atoms with Gasteiger partial charge in [0.25, 0.3) is 0 Å². The van der Waals surface area contributed by atoms with Gasteiger partial charge in [-0.3, -0.25) is 9.59 Å². The molecule has 72 heavy (non-hydrogen) atoms. The van der Waals surface area contributed by atoms with Crippen molar-refractivity contribution in [1.82, 2.24) is 0 Å². The Kier molecular flexibility index (Phi) is 59.8. The summed E-state index contributed by atoms with van der Waals surface area (Å²) in [6, 6.07) is 0. The number of ether oxygens (including phenoxy) is 3. The molecule has 0 aromatic rings. The molecule has 5 nitrogen and oxygen atoms in total. The van der Waals surface area contributed by atoms with E-state index in [9.17, 15) is 9.59 Å². The van der Waals surface area contributed by atoms with E-state index >= 15 is 0 Å². The van der Waals surface area contributed by atoms with Crippen LogP contribution in [0.1, 0.15) is 303 Å². The summed E-state index contributed by atoms with van der Waals surface area (Å²) in [6.07, 6.45) is 83.3. The largest absolute Gasteiger partial charge is 0.462 e. The normalized spacial score (nSPS) is 12.8. The van der Waals surface area contributed by atoms with Crippen LogP contribution in [0.4, 0.5) is 0 Å². The highest BCUT2D eigenvalue weighted by atomic mass is 16.6. The molecular weight excluding hydrogens is 885 g/mol. The number of hydrogen-bond donors (Lipinski definition) is 0. The molecule has 1 atom stereocenters. The van der Waals surface area contributed by atoms with Crippen LogP contribution in [0.15, 0.2) is 85.1 Å². The average Bonchev–Trinajstić information content (AvgIpc) is 3.38. The number of hydrogen-bond acceptors (Lipinski definition) is 5. The summed E-state index contributed by atoms with van der Waals surface area (Å²) in [5, 5.41) is 0. The zero-order chi connectivity index (χ0) is 52.0. The van der Waals surface area contributed by atoms with Crippen molar-refractivity contribution in [1.29, 1.82) is 0 Å². The molecule has 0 bridgehead atoms. The van der Waals surface area contributed by atoms with Crippen LogP contribution in [0.2, 0.25) is 0 Å². The molecule has 0 aromatic carbocycles. The fraction of sp³-hybridized carbons (Fsp3) is 0.761. The summed E-state index contributed by atoms with van der Waals surface area (Å²) in [5.41, 5.74) is 0. The first-order valence-electron chi connectivity index (χ1n) is 31.1. The minimum absolute atomic E-state index is 0.0765. The Morgan fingerprint density at radius 1 is 0.319 bits per heavy atom. The van der Waals surface area contributed by atoms with Crippen molar-refractivity contribution in [2.75, 3.05) is 19.8 Å². The first-order chi connectivity index (χ1) is 35.6. The minimum atomic E-state index is -0.551. The number of esters is 2. The first kappa shape index (κ1) is 69.1. The van der Waals surface area contributed by atoms with Crippen LogP contribution in [-0.2, 0) is 23.8 Å². The quantitative estimate of drug-likeness (QED) is 0.0345. The topological polar surface area (TPSA) is 61.8 Å². The molecule has 0 radical (unpaired) electrons. The minimum Gasteiger partial charge on any atom is -0.462 e. The van der Waals surface area contributed by atoms with Gasteiger partial charge in [-0.1, -0.05) is 286 Å². The lowest BCUT2D eigenvalue weighted by molar-refractivity contribution is -0.163. The van der Waals surface area contributed by atoms with E-state index in [1.165, 1.54) is 173 Å². The van der Waals surface area contributed by atoms with E-state index in [0.29, 0.717) is 19.4 Å². The van der Waals surface area contributed by atoms with E-state index in [-0.39, 0.29) is 25.2 Å². The van der Waals surface area contributed by atoms with Crippen LogP contribution in [-0.4, -0.2) is 37.9 Å². The Balaban J connectivity index is 4.29. The van der Waals surface area contributed by atoms with Gasteiger partial charge in [0, 0.05) is 19.4 Å². The van der Waals surface area contributed by atoms with E-state index in [0.717, 1.165) is 96.3 Å². The molecular formula is C67H118O5. The Morgan fingerprint density at radius 3 is 1.00 bits per heavy atom. The third-order valence-corrected chi connectivity index (χ3v) is 13.4. The van der Waals surface area contributed by atoms with Gasteiger partial charge in [-0.05, 0) is 89.9 Å². The second-order valence-corrected chi connectivity index (χ2v) is 20.6. The van der Waals surface area contributed by atoms with Crippen LogP contribution in [0.25, 0.3) is 0 Å². The number of carbonyl (C=O) groups is 2. The van der Waals surface area contributed by atoms with Crippen molar-refractivity contribution in [3.05, 3.63) is 85.1 Å². The van der Waals surface area contributed by atoms with Gasteiger partial charge in [-0.2, -0.15) is 0 Å². The number of unbranched alkanes of at least 4 members (excludes halogenated alkanes) is 32. The van der Waals surface area contributed by atoms with Crippen LogP contribution in [0.3, 0.4) is 0 Å². The van der Waals surface area contributed by atoms with Crippen LogP contribution < -0.4 is 0 Å². The van der Waals surface area contributed by atoms with Gasteiger partial charge >= 0.3 is 11.9 Å². The van der Waals surface area contributed by atoms with Crippen molar-refractivity contribution in [2.45, 2.75) is 309 Å². The standard InChI is InChI=1S/C67H118O5/c1-4-7-10-13-16-19-22-25-28-31-33-35-38-41-44-47-50-53-56-59-62-70-63-65(72-67(69)61-58-55-52-49-46-43-40-36-30-27-24-21-18-15-12-9-6-3)64-71-66(68)60-57-54-51-48-45-42-39-37-34-32-29-26-23-20-17-14-11-8-5-2/h7,9-10,12,16,18-19,21,25,27-28,30,33,35,65H,4-6,8,11,13-15,17,20,22-24,26,29,31-32,34,36-64H2,1-3H3/b10-7-,12-9-,19-16-,21-18-,28-25-,30-27-,35-33-. The van der Waals surface area contributed by atoms with Gasteiger partial charge in [0.2, 0.25) is 0 Å². The molecule has 0 saturated carbocycles. The van der Waals surface area contributed by atoms with Crippen LogP contribution in [0, 0.1) is 0 Å². The maximum atomic E-state index is 12.9. The summed E-state index contributed by atoms with van der Waals surface area (Å²) in [5.74, 6) is -0.403. The predicted octanol–water partition coefficient (Wildman–Crippen LogP) is 21.6. The molecule has 0 rings (SSSR count). The monoisotopic (exact) mass is 1000 g/mol. The molecule has 5 heteroatoms. The zero-order valence-corrected chi connectivity index (χ0v) is 47.9. The van der Waals surface area contributed by atoms with E-state index in [1.807, 2.05) is 0 Å². The molecule has 0 heterocycles. The van der Waals surface area contributed by atoms with E-state index in [4.69, 9.17) is 14.2 Å². The van der Waals surface area contributed by atoms with Gasteiger partial charge in [-0.15, -0.1) is 0 Å². The van der Waals surface area contributed by atoms with Gasteiger partial charge in [0.1, 0.15) is 6.61 Å². The highest BCUT2D eigenvalue weighted by molar-refractivity contribution is 5.70. The van der Waals surface area contributed by atoms with Crippen molar-refractivity contribution in [3.63, 3.8) is 0 Å². The average molecular weight is 1000 g/mol. The molecule has 0 aromatic heterocycles. The number of allylic oxidation sites excluding steroid dienone is 14. The first-order valence-corrected chi connectivity index (χ1v) is 31.1. The molecule has 0 saturated heterocycles. The fourth-order valence-corrected chi connectivity index (χ4v) is 8.87. The summed E-state index contributed by atoms with van der Waals surface area (Å²) < 4.78 is 17.5. The Bertz CT molecular complexity index is 1320. The number of carbonyl (C=O) groups excluding carboxylic acids is 2. The van der Waals surface area contributed by atoms with E-state index < -0.39 is 6.10 Å². The molecule has 0 spiro atoms. The van der Waals surface area contributed by atoms with E-state index in [1.54, 1.807) is 0 Å². The van der Waals surface area contributed by atoms with Crippen LogP contribution >= 0.6 is 0 Å². The van der Waals surface area contributed by atoms with Crippen LogP contribution in [0.5, 0.6) is 0 Å². The maximum absolute atomic E-state index is 12.9. The third-order valence-electron chi connectivity index (χ3n) is 13.4. The van der Waals surface area contributed by atoms with Gasteiger partial charge in [-0.25, -0.2) is 0 Å². The lowest BCUT2D eigenvalue weighted by Crippen LogP contribution is -2.30. The fourth-order valence-electron chi connectivity index (χ4n) is 8.87. The molecule has 0 aliphatic carbocycles. The highest BCUT2D eigenvalue weighted by Gasteiger charge is 2.17. The summed E-state index contributed by atoms with van der Waals surface area (Å²) >= 11 is 0. The molecule has 0 aliphatic rings. The molecule has 0 N–H and O–H groups in total. The zero-order valence-electron chi connectivity index (χ0n) is 47.9. The van der Waals surface area contributed by atoms with Crippen molar-refractivity contribution in [2.24, 2.45) is 0 Å². The summed E-state index contributed by atoms with van der Waals surface area (Å²) in [4.78, 5) is 25.6. The van der Waals surface area contributed by atoms with Gasteiger partial charge in [0.15, 0.2) is 6.10 Å². The summed E-state index contributed by atoms with van der Waals surface area (Å²) in [6.45, 7) is 7.62. The molecule has 0 aliphatic heterocycles. The Labute approximate surface area is 448 Å². The summed E-state index contributed by atoms with van der Waals surface area (Å²) in [7, 11) is 0. The Hall–Kier alpha value is -2.92. The second-order valence-electron chi connectivity index (χ2n) is 20.6. The lowest BCUT2D eigenvalue weighted by Gasteiger charge is -2.18. The highest BCUT2D eigenvalue weighted by Crippen LogP contribution is 2.17. The van der Waals surface area contributed by atoms with E-state index in [2.05, 4.69) is 106 Å². The maximum Gasteiger partial charge on any atom is 0.306 e. The molecule has 0 fully saturated rings. The van der Waals surface area contributed by atoms with Crippen molar-refractivity contribution >= 4 is 11.9 Å². The van der Waals surface area contributed by atoms with Crippen molar-refractivity contribution < 1.29 is 23.8 Å².